The van der Waals surface area contributed by atoms with E-state index in [1.54, 1.807) is 37.3 Å². The summed E-state index contributed by atoms with van der Waals surface area (Å²) in [5.41, 5.74) is 0.557. The Morgan fingerprint density at radius 1 is 1.59 bits per heavy atom. The minimum atomic E-state index is -0.581. The number of benzene rings is 1. The maximum absolute atomic E-state index is 11.5. The van der Waals surface area contributed by atoms with E-state index in [2.05, 4.69) is 11.9 Å². The van der Waals surface area contributed by atoms with Crippen molar-refractivity contribution in [3.63, 3.8) is 0 Å². The predicted octanol–water partition coefficient (Wildman–Crippen LogP) is 1.63. The summed E-state index contributed by atoms with van der Waals surface area (Å²) >= 11 is 0. The zero-order chi connectivity index (χ0) is 12.7. The highest BCUT2D eigenvalue weighted by Gasteiger charge is 2.13. The molecule has 0 aliphatic carbocycles. The molecule has 0 spiro atoms. The van der Waals surface area contributed by atoms with Crippen LogP contribution in [0.1, 0.15) is 12.5 Å². The van der Waals surface area contributed by atoms with Gasteiger partial charge in [0.2, 0.25) is 0 Å². The van der Waals surface area contributed by atoms with Gasteiger partial charge >= 0.3 is 0 Å². The molecule has 1 rings (SSSR count). The van der Waals surface area contributed by atoms with Gasteiger partial charge in [-0.15, -0.1) is 6.58 Å². The molecule has 1 atom stereocenters. The van der Waals surface area contributed by atoms with E-state index in [1.165, 1.54) is 0 Å². The number of ether oxygens (including phenoxy) is 1. The summed E-state index contributed by atoms with van der Waals surface area (Å²) in [5.74, 6) is 0.361. The molecule has 1 aromatic rings. The largest absolute Gasteiger partial charge is 0.481 e. The number of nitriles is 1. The van der Waals surface area contributed by atoms with Crippen molar-refractivity contribution in [2.45, 2.75) is 13.0 Å². The summed E-state index contributed by atoms with van der Waals surface area (Å²) in [6, 6.07) is 8.62. The second-order valence-corrected chi connectivity index (χ2v) is 3.43. The van der Waals surface area contributed by atoms with E-state index in [0.29, 0.717) is 17.9 Å². The number of carbonyl (C=O) groups excluding carboxylic acids is 1. The van der Waals surface area contributed by atoms with Crippen LogP contribution in [0.15, 0.2) is 36.9 Å². The number of rotatable bonds is 5. The van der Waals surface area contributed by atoms with Crippen LogP contribution in [0.3, 0.4) is 0 Å². The lowest BCUT2D eigenvalue weighted by atomic mass is 10.2. The Hall–Kier alpha value is -2.28. The smallest absolute Gasteiger partial charge is 0.261 e. The third kappa shape index (κ3) is 3.99. The van der Waals surface area contributed by atoms with Gasteiger partial charge in [-0.25, -0.2) is 0 Å². The van der Waals surface area contributed by atoms with Crippen molar-refractivity contribution in [2.24, 2.45) is 0 Å². The number of amides is 1. The number of hydrogen-bond donors (Lipinski definition) is 1. The first-order valence-corrected chi connectivity index (χ1v) is 5.22. The number of nitrogens with one attached hydrogen (secondary N) is 1. The molecule has 0 aliphatic rings. The standard InChI is InChI=1S/C13H14N2O2/c1-3-8-15-13(16)10(2)17-12-6-4-11(9-14)5-7-12/h3-7,10H,1,8H2,2H3,(H,15,16). The van der Waals surface area contributed by atoms with Gasteiger partial charge in [-0.3, -0.25) is 4.79 Å². The van der Waals surface area contributed by atoms with Crippen molar-refractivity contribution in [1.29, 1.82) is 5.26 Å². The van der Waals surface area contributed by atoms with Gasteiger partial charge in [-0.05, 0) is 31.2 Å². The van der Waals surface area contributed by atoms with Gasteiger partial charge < -0.3 is 10.1 Å². The SMILES string of the molecule is C=CCNC(=O)C(C)Oc1ccc(C#N)cc1. The van der Waals surface area contributed by atoms with E-state index in [9.17, 15) is 4.79 Å². The van der Waals surface area contributed by atoms with Crippen molar-refractivity contribution in [3.05, 3.63) is 42.5 Å². The molecule has 0 aliphatic heterocycles. The highest BCUT2D eigenvalue weighted by molar-refractivity contribution is 5.80. The molecule has 0 bridgehead atoms. The Morgan fingerprint density at radius 3 is 2.76 bits per heavy atom. The van der Waals surface area contributed by atoms with E-state index < -0.39 is 6.10 Å². The van der Waals surface area contributed by atoms with Gasteiger partial charge in [0.05, 0.1) is 11.6 Å². The molecule has 4 heteroatoms. The third-order valence-corrected chi connectivity index (χ3v) is 2.09. The van der Waals surface area contributed by atoms with Gasteiger partial charge in [0.1, 0.15) is 5.75 Å². The van der Waals surface area contributed by atoms with Crippen LogP contribution in [0.4, 0.5) is 0 Å². The van der Waals surface area contributed by atoms with Crippen molar-refractivity contribution >= 4 is 5.91 Å². The Kier molecular flexibility index (Phi) is 4.77. The average molecular weight is 230 g/mol. The van der Waals surface area contributed by atoms with Crippen LogP contribution < -0.4 is 10.1 Å². The first kappa shape index (κ1) is 12.8. The van der Waals surface area contributed by atoms with Gasteiger partial charge in [-0.1, -0.05) is 6.08 Å². The summed E-state index contributed by atoms with van der Waals surface area (Å²) < 4.78 is 5.42. The molecule has 1 N–H and O–H groups in total. The highest BCUT2D eigenvalue weighted by Crippen LogP contribution is 2.13. The Morgan fingerprint density at radius 2 is 2.24 bits per heavy atom. The molecule has 17 heavy (non-hydrogen) atoms. The summed E-state index contributed by atoms with van der Waals surface area (Å²) in [4.78, 5) is 11.5. The molecule has 0 aromatic heterocycles. The van der Waals surface area contributed by atoms with Crippen molar-refractivity contribution < 1.29 is 9.53 Å². The molecule has 1 amide bonds. The first-order valence-electron chi connectivity index (χ1n) is 5.22. The van der Waals surface area contributed by atoms with E-state index in [-0.39, 0.29) is 5.91 Å². The summed E-state index contributed by atoms with van der Waals surface area (Å²) in [5, 5.41) is 11.3. The maximum Gasteiger partial charge on any atom is 0.261 e. The molecule has 4 nitrogen and oxygen atoms in total. The van der Waals surface area contributed by atoms with Crippen LogP contribution in [0, 0.1) is 11.3 Å². The minimum Gasteiger partial charge on any atom is -0.481 e. The second kappa shape index (κ2) is 6.33. The van der Waals surface area contributed by atoms with Crippen LogP contribution in [-0.2, 0) is 4.79 Å². The Balaban J connectivity index is 2.55. The normalized spacial score (nSPS) is 11.1. The van der Waals surface area contributed by atoms with Gasteiger partial charge in [0.25, 0.3) is 5.91 Å². The molecule has 1 aromatic carbocycles. The Bertz CT molecular complexity index is 432. The molecule has 0 radical (unpaired) electrons. The van der Waals surface area contributed by atoms with Crippen molar-refractivity contribution in [2.75, 3.05) is 6.54 Å². The molecule has 0 saturated heterocycles. The fourth-order valence-electron chi connectivity index (χ4n) is 1.18. The lowest BCUT2D eigenvalue weighted by molar-refractivity contribution is -0.127. The van der Waals surface area contributed by atoms with Crippen LogP contribution >= 0.6 is 0 Å². The fourth-order valence-corrected chi connectivity index (χ4v) is 1.18. The number of nitrogens with zero attached hydrogens (tertiary/aromatic N) is 1. The molecule has 0 fully saturated rings. The Labute approximate surface area is 101 Å². The quantitative estimate of drug-likeness (QED) is 0.782. The third-order valence-electron chi connectivity index (χ3n) is 2.09. The van der Waals surface area contributed by atoms with Crippen LogP contribution in [-0.4, -0.2) is 18.6 Å². The van der Waals surface area contributed by atoms with Gasteiger partial charge in [0, 0.05) is 6.54 Å². The fraction of sp³-hybridized carbons (Fsp3) is 0.231. The van der Waals surface area contributed by atoms with E-state index in [0.717, 1.165) is 0 Å². The van der Waals surface area contributed by atoms with E-state index in [4.69, 9.17) is 10.00 Å². The van der Waals surface area contributed by atoms with Crippen LogP contribution in [0.25, 0.3) is 0 Å². The summed E-state index contributed by atoms with van der Waals surface area (Å²) in [6.45, 7) is 5.59. The topological polar surface area (TPSA) is 62.1 Å². The monoisotopic (exact) mass is 230 g/mol. The first-order chi connectivity index (χ1) is 8.17. The maximum atomic E-state index is 11.5. The van der Waals surface area contributed by atoms with Crippen molar-refractivity contribution in [3.8, 4) is 11.8 Å². The van der Waals surface area contributed by atoms with Crippen LogP contribution in [0.2, 0.25) is 0 Å². The highest BCUT2D eigenvalue weighted by atomic mass is 16.5. The number of carbonyl (C=O) groups is 1. The lowest BCUT2D eigenvalue weighted by Gasteiger charge is -2.13. The van der Waals surface area contributed by atoms with E-state index >= 15 is 0 Å². The van der Waals surface area contributed by atoms with Crippen molar-refractivity contribution in [1.82, 2.24) is 5.32 Å². The molecule has 0 saturated carbocycles. The zero-order valence-corrected chi connectivity index (χ0v) is 9.64. The van der Waals surface area contributed by atoms with E-state index in [1.807, 2.05) is 6.07 Å². The molecule has 88 valence electrons. The molecular weight excluding hydrogens is 216 g/mol. The summed E-state index contributed by atoms with van der Waals surface area (Å²) in [6.07, 6.45) is 1.02. The zero-order valence-electron chi connectivity index (χ0n) is 9.64. The summed E-state index contributed by atoms with van der Waals surface area (Å²) in [7, 11) is 0. The minimum absolute atomic E-state index is 0.200. The molecule has 0 heterocycles. The predicted molar refractivity (Wildman–Crippen MR) is 64.5 cm³/mol. The second-order valence-electron chi connectivity index (χ2n) is 3.43. The molecule has 1 unspecified atom stereocenters. The molecular formula is C13H14N2O2. The number of hydrogen-bond acceptors (Lipinski definition) is 3. The lowest BCUT2D eigenvalue weighted by Crippen LogP contribution is -2.36. The van der Waals surface area contributed by atoms with Gasteiger partial charge in [0.15, 0.2) is 6.10 Å². The van der Waals surface area contributed by atoms with Gasteiger partial charge in [-0.2, -0.15) is 5.26 Å². The average Bonchev–Trinajstić information content (AvgIpc) is 2.36. The van der Waals surface area contributed by atoms with Crippen LogP contribution in [0.5, 0.6) is 5.75 Å².